The van der Waals surface area contributed by atoms with Crippen LogP contribution in [0.25, 0.3) is 0 Å². The molecule has 4 aliphatic rings. The molecule has 1 aromatic carbocycles. The molecule has 6 rings (SSSR count). The van der Waals surface area contributed by atoms with Crippen LogP contribution < -0.4 is 10.6 Å². The molecule has 192 valence electrons. The highest BCUT2D eigenvalue weighted by Gasteiger charge is 2.45. The summed E-state index contributed by atoms with van der Waals surface area (Å²) in [6.45, 7) is 5.65. The van der Waals surface area contributed by atoms with Gasteiger partial charge in [-0.15, -0.1) is 0 Å². The summed E-state index contributed by atoms with van der Waals surface area (Å²) in [5.74, 6) is -1.30. The van der Waals surface area contributed by atoms with E-state index in [4.69, 9.17) is 0 Å². The van der Waals surface area contributed by atoms with Gasteiger partial charge in [-0.1, -0.05) is 12.6 Å². The molecule has 2 aromatic rings. The van der Waals surface area contributed by atoms with Gasteiger partial charge in [0.05, 0.1) is 29.4 Å². The van der Waals surface area contributed by atoms with Crippen molar-refractivity contribution < 1.29 is 19.2 Å². The van der Waals surface area contributed by atoms with Gasteiger partial charge in [0.1, 0.15) is 6.04 Å². The van der Waals surface area contributed by atoms with E-state index in [1.807, 2.05) is 22.8 Å². The minimum Gasteiger partial charge on any atom is -0.380 e. The highest BCUT2D eigenvalue weighted by Crippen LogP contribution is 2.34. The lowest BCUT2D eigenvalue weighted by Gasteiger charge is -2.33. The smallest absolute Gasteiger partial charge is 0.320 e. The monoisotopic (exact) mass is 503 g/mol. The maximum Gasteiger partial charge on any atom is 0.320 e. The molecule has 11 nitrogen and oxygen atoms in total. The van der Waals surface area contributed by atoms with Crippen LogP contribution in [0.15, 0.2) is 42.9 Å². The molecule has 3 fully saturated rings. The number of carbonyl (C=O) groups excluding carboxylic acids is 4. The fourth-order valence-corrected chi connectivity index (χ4v) is 5.92. The molecule has 1 aromatic heterocycles. The van der Waals surface area contributed by atoms with Crippen molar-refractivity contribution in [1.29, 1.82) is 0 Å². The summed E-state index contributed by atoms with van der Waals surface area (Å²) in [5, 5.41) is 10.5. The van der Waals surface area contributed by atoms with E-state index in [0.29, 0.717) is 41.9 Å². The van der Waals surface area contributed by atoms with E-state index >= 15 is 0 Å². The van der Waals surface area contributed by atoms with Crippen LogP contribution in [0, 0.1) is 0 Å². The summed E-state index contributed by atoms with van der Waals surface area (Å²) >= 11 is 0. The van der Waals surface area contributed by atoms with Gasteiger partial charge in [-0.3, -0.25) is 24.0 Å². The third kappa shape index (κ3) is 3.85. The number of urea groups is 1. The van der Waals surface area contributed by atoms with Gasteiger partial charge in [0, 0.05) is 49.8 Å². The molecule has 3 unspecified atom stereocenters. The molecule has 37 heavy (non-hydrogen) atoms. The van der Waals surface area contributed by atoms with Crippen molar-refractivity contribution in [2.75, 3.05) is 25.5 Å². The number of fused-ring (bicyclic) bond motifs is 2. The molecule has 4 aliphatic heterocycles. The molecule has 2 N–H and O–H groups in total. The van der Waals surface area contributed by atoms with Crippen LogP contribution >= 0.6 is 0 Å². The number of amides is 5. The molecule has 5 heterocycles. The molecule has 0 aliphatic carbocycles. The minimum absolute atomic E-state index is 0.102. The van der Waals surface area contributed by atoms with Crippen LogP contribution in [0.4, 0.5) is 10.5 Å². The van der Waals surface area contributed by atoms with Crippen LogP contribution in [0.2, 0.25) is 0 Å². The maximum atomic E-state index is 13.3. The van der Waals surface area contributed by atoms with Crippen LogP contribution in [0.5, 0.6) is 0 Å². The second-order valence-electron chi connectivity index (χ2n) is 10.2. The number of hydrogen-bond donors (Lipinski definition) is 2. The van der Waals surface area contributed by atoms with Crippen LogP contribution in [-0.4, -0.2) is 80.5 Å². The third-order valence-corrected chi connectivity index (χ3v) is 7.84. The molecule has 0 radical (unpaired) electrons. The number of likely N-dealkylation sites (N-methyl/N-ethyl adjacent to an activating group) is 1. The predicted molar refractivity (Wildman–Crippen MR) is 134 cm³/mol. The Morgan fingerprint density at radius 2 is 1.97 bits per heavy atom. The Hall–Kier alpha value is -4.15. The number of piperidine rings is 2. The standard InChI is InChI=1S/C26H29N7O4/c1-15-6-7-21(23(34)29-15)33-24(35)19-4-3-5-20(22(19)25(33)36)27-11-16-12-28-32(13-16)17-8-9-31-18(10-17)14-30(2)26(31)37/h3-5,12-13,17-18,21,27H,1,6-11,14H2,2H3,(H,29,34). The average Bonchev–Trinajstić information content (AvgIpc) is 3.54. The van der Waals surface area contributed by atoms with Gasteiger partial charge in [0.2, 0.25) is 5.91 Å². The van der Waals surface area contributed by atoms with Gasteiger partial charge in [0.15, 0.2) is 0 Å². The van der Waals surface area contributed by atoms with Gasteiger partial charge in [-0.05, 0) is 37.8 Å². The first-order chi connectivity index (χ1) is 17.8. The van der Waals surface area contributed by atoms with Crippen molar-refractivity contribution in [2.24, 2.45) is 0 Å². The topological polar surface area (TPSA) is 120 Å². The third-order valence-electron chi connectivity index (χ3n) is 7.84. The maximum absolute atomic E-state index is 13.3. The molecular weight excluding hydrogens is 474 g/mol. The van der Waals surface area contributed by atoms with Crippen LogP contribution in [-0.2, 0) is 11.3 Å². The number of allylic oxidation sites excluding steroid dienone is 1. The number of carbonyl (C=O) groups is 4. The van der Waals surface area contributed by atoms with Crippen molar-refractivity contribution in [2.45, 2.75) is 50.4 Å². The summed E-state index contributed by atoms with van der Waals surface area (Å²) in [4.78, 5) is 55.9. The largest absolute Gasteiger partial charge is 0.380 e. The Bertz CT molecular complexity index is 1330. The van der Waals surface area contributed by atoms with Gasteiger partial charge >= 0.3 is 6.03 Å². The van der Waals surface area contributed by atoms with E-state index in [2.05, 4.69) is 22.3 Å². The first kappa shape index (κ1) is 23.3. The van der Waals surface area contributed by atoms with Crippen molar-refractivity contribution in [3.8, 4) is 0 Å². The van der Waals surface area contributed by atoms with Gasteiger partial charge in [-0.2, -0.15) is 5.10 Å². The lowest BCUT2D eigenvalue weighted by atomic mass is 9.99. The van der Waals surface area contributed by atoms with E-state index < -0.39 is 17.9 Å². The average molecular weight is 504 g/mol. The molecule has 5 amide bonds. The van der Waals surface area contributed by atoms with Crippen molar-refractivity contribution in [1.82, 2.24) is 29.8 Å². The number of anilines is 1. The van der Waals surface area contributed by atoms with Crippen LogP contribution in [0.3, 0.4) is 0 Å². The quantitative estimate of drug-likeness (QED) is 0.602. The summed E-state index contributed by atoms with van der Waals surface area (Å²) in [7, 11) is 1.84. The lowest BCUT2D eigenvalue weighted by Crippen LogP contribution is -2.51. The zero-order valence-corrected chi connectivity index (χ0v) is 20.6. The van der Waals surface area contributed by atoms with Crippen molar-refractivity contribution in [3.05, 3.63) is 59.6 Å². The lowest BCUT2D eigenvalue weighted by molar-refractivity contribution is -0.125. The molecular formula is C26H29N7O4. The zero-order valence-electron chi connectivity index (χ0n) is 20.6. The molecule has 0 saturated carbocycles. The van der Waals surface area contributed by atoms with Crippen molar-refractivity contribution in [3.63, 3.8) is 0 Å². The minimum atomic E-state index is -0.842. The summed E-state index contributed by atoms with van der Waals surface area (Å²) in [5.41, 5.74) is 2.67. The van der Waals surface area contributed by atoms with Gasteiger partial charge in [-0.25, -0.2) is 4.79 Å². The number of imide groups is 1. The van der Waals surface area contributed by atoms with Gasteiger partial charge in [0.25, 0.3) is 11.8 Å². The van der Waals surface area contributed by atoms with Crippen molar-refractivity contribution >= 4 is 29.4 Å². The van der Waals surface area contributed by atoms with E-state index in [1.165, 1.54) is 0 Å². The number of aromatic nitrogens is 2. The Morgan fingerprint density at radius 1 is 1.14 bits per heavy atom. The highest BCUT2D eigenvalue weighted by molar-refractivity contribution is 6.25. The Labute approximate surface area is 214 Å². The summed E-state index contributed by atoms with van der Waals surface area (Å²) in [6.07, 6.45) is 6.40. The van der Waals surface area contributed by atoms with Gasteiger partial charge < -0.3 is 20.4 Å². The Kier molecular flexibility index (Phi) is 5.50. The normalized spacial score (nSPS) is 25.5. The fraction of sp³-hybridized carbons (Fsp3) is 0.423. The van der Waals surface area contributed by atoms with E-state index in [1.54, 1.807) is 29.3 Å². The SMILES string of the molecule is C=C1CCC(N2C(=O)c3cccc(NCc4cnn(C5CCN6C(=O)N(C)CC6C5)c4)c3C2=O)C(=O)N1. The molecule has 3 saturated heterocycles. The van der Waals surface area contributed by atoms with E-state index in [0.717, 1.165) is 36.4 Å². The second kappa shape index (κ2) is 8.75. The van der Waals surface area contributed by atoms with Crippen LogP contribution in [0.1, 0.15) is 58.0 Å². The summed E-state index contributed by atoms with van der Waals surface area (Å²) in [6, 6.07) is 4.82. The number of nitrogens with one attached hydrogen (secondary N) is 2. The second-order valence-corrected chi connectivity index (χ2v) is 10.2. The predicted octanol–water partition coefficient (Wildman–Crippen LogP) is 1.95. The summed E-state index contributed by atoms with van der Waals surface area (Å²) < 4.78 is 1.97. The molecule has 11 heteroatoms. The first-order valence-corrected chi connectivity index (χ1v) is 12.6. The molecule has 0 bridgehead atoms. The Balaban J connectivity index is 1.14. The number of benzene rings is 1. The van der Waals surface area contributed by atoms with E-state index in [9.17, 15) is 19.2 Å². The number of hydrogen-bond acceptors (Lipinski definition) is 6. The highest BCUT2D eigenvalue weighted by atomic mass is 16.2. The zero-order chi connectivity index (χ0) is 25.8. The molecule has 0 spiro atoms. The number of nitrogens with zero attached hydrogens (tertiary/aromatic N) is 5. The van der Waals surface area contributed by atoms with E-state index in [-0.39, 0.29) is 24.0 Å². The Morgan fingerprint density at radius 3 is 2.78 bits per heavy atom. The fourth-order valence-electron chi connectivity index (χ4n) is 5.92. The number of rotatable bonds is 5. The molecule has 3 atom stereocenters. The first-order valence-electron chi connectivity index (χ1n) is 12.6.